The molecule has 0 aliphatic heterocycles. The van der Waals surface area contributed by atoms with E-state index in [0.717, 1.165) is 25.7 Å². The number of methoxy groups -OCH3 is 1. The number of rotatable bonds is 1. The Kier molecular flexibility index (Phi) is 6.27. The summed E-state index contributed by atoms with van der Waals surface area (Å²) in [5.74, 6) is 0.241. The first kappa shape index (κ1) is 16.3. The van der Waals surface area contributed by atoms with Gasteiger partial charge in [0.1, 0.15) is 0 Å². The molecule has 20 heavy (non-hydrogen) atoms. The van der Waals surface area contributed by atoms with Crippen LogP contribution < -0.4 is 5.32 Å². The standard InChI is InChI=1S/C13H24N4O3/c1-16(2)11(15-13(19)20-4)17(3)12(18)14-10-8-6-5-7-9-10/h10H,5-9H2,1-4H3,(H,14,18). The number of carbonyl (C=O) groups excluding carboxylic acids is 2. The number of nitrogens with zero attached hydrogens (tertiary/aromatic N) is 3. The van der Waals surface area contributed by atoms with Crippen LogP contribution in [-0.2, 0) is 4.74 Å². The van der Waals surface area contributed by atoms with Gasteiger partial charge in [-0.25, -0.2) is 9.59 Å². The monoisotopic (exact) mass is 284 g/mol. The van der Waals surface area contributed by atoms with Crippen LogP contribution in [0.4, 0.5) is 9.59 Å². The normalized spacial score (nSPS) is 16.5. The van der Waals surface area contributed by atoms with E-state index in [-0.39, 0.29) is 18.0 Å². The highest BCUT2D eigenvalue weighted by molar-refractivity contribution is 5.99. The second-order valence-corrected chi connectivity index (χ2v) is 5.12. The minimum Gasteiger partial charge on any atom is -0.451 e. The minimum atomic E-state index is -0.731. The Morgan fingerprint density at radius 1 is 1.15 bits per heavy atom. The maximum Gasteiger partial charge on any atom is 0.436 e. The lowest BCUT2D eigenvalue weighted by atomic mass is 9.96. The molecule has 1 aliphatic rings. The van der Waals surface area contributed by atoms with Crippen LogP contribution >= 0.6 is 0 Å². The molecule has 0 atom stereocenters. The van der Waals surface area contributed by atoms with Crippen molar-refractivity contribution in [1.29, 1.82) is 0 Å². The zero-order valence-corrected chi connectivity index (χ0v) is 12.7. The molecule has 0 saturated heterocycles. The second-order valence-electron chi connectivity index (χ2n) is 5.12. The van der Waals surface area contributed by atoms with Crippen molar-refractivity contribution in [2.75, 3.05) is 28.3 Å². The van der Waals surface area contributed by atoms with Crippen molar-refractivity contribution < 1.29 is 14.3 Å². The summed E-state index contributed by atoms with van der Waals surface area (Å²) >= 11 is 0. The molecular formula is C13H24N4O3. The fraction of sp³-hybridized carbons (Fsp3) is 0.769. The summed E-state index contributed by atoms with van der Waals surface area (Å²) in [6.07, 6.45) is 4.80. The predicted molar refractivity (Wildman–Crippen MR) is 76.7 cm³/mol. The number of nitrogens with one attached hydrogen (secondary N) is 1. The number of hydrogen-bond donors (Lipinski definition) is 1. The number of ether oxygens (including phenoxy) is 1. The second kappa shape index (κ2) is 7.72. The molecule has 7 nitrogen and oxygen atoms in total. The number of amides is 3. The quantitative estimate of drug-likeness (QED) is 0.587. The first-order valence-corrected chi connectivity index (χ1v) is 6.84. The third kappa shape index (κ3) is 4.71. The van der Waals surface area contributed by atoms with Crippen LogP contribution in [0.15, 0.2) is 4.99 Å². The van der Waals surface area contributed by atoms with Crippen LogP contribution in [0.25, 0.3) is 0 Å². The van der Waals surface area contributed by atoms with E-state index in [9.17, 15) is 9.59 Å². The molecular weight excluding hydrogens is 260 g/mol. The molecule has 0 unspecified atom stereocenters. The summed E-state index contributed by atoms with van der Waals surface area (Å²) < 4.78 is 4.50. The van der Waals surface area contributed by atoms with E-state index in [4.69, 9.17) is 0 Å². The highest BCUT2D eigenvalue weighted by Gasteiger charge is 2.22. The van der Waals surface area contributed by atoms with E-state index >= 15 is 0 Å². The topological polar surface area (TPSA) is 74.2 Å². The van der Waals surface area contributed by atoms with Gasteiger partial charge in [0, 0.05) is 27.2 Å². The van der Waals surface area contributed by atoms with E-state index in [1.54, 1.807) is 26.0 Å². The van der Waals surface area contributed by atoms with E-state index in [2.05, 4.69) is 15.0 Å². The average molecular weight is 284 g/mol. The van der Waals surface area contributed by atoms with Crippen molar-refractivity contribution in [3.63, 3.8) is 0 Å². The molecule has 0 spiro atoms. The van der Waals surface area contributed by atoms with Gasteiger partial charge in [0.15, 0.2) is 0 Å². The predicted octanol–water partition coefficient (Wildman–Crippen LogP) is 1.64. The van der Waals surface area contributed by atoms with Crippen LogP contribution in [-0.4, -0.2) is 62.2 Å². The van der Waals surface area contributed by atoms with Gasteiger partial charge in [-0.3, -0.25) is 4.90 Å². The van der Waals surface area contributed by atoms with Gasteiger partial charge < -0.3 is 15.0 Å². The van der Waals surface area contributed by atoms with Crippen LogP contribution in [0.5, 0.6) is 0 Å². The SMILES string of the molecule is COC(=O)N=C(N(C)C)N(C)C(=O)NC1CCCCC1. The third-order valence-electron chi connectivity index (χ3n) is 3.30. The van der Waals surface area contributed by atoms with Crippen molar-refractivity contribution in [3.8, 4) is 0 Å². The van der Waals surface area contributed by atoms with E-state index in [1.165, 1.54) is 18.4 Å². The van der Waals surface area contributed by atoms with Gasteiger partial charge in [-0.15, -0.1) is 4.99 Å². The summed E-state index contributed by atoms with van der Waals surface area (Å²) in [5, 5.41) is 2.97. The lowest BCUT2D eigenvalue weighted by Crippen LogP contribution is -2.50. The molecule has 3 amide bonds. The molecule has 1 N–H and O–H groups in total. The Morgan fingerprint density at radius 3 is 2.25 bits per heavy atom. The number of guanidine groups is 1. The fourth-order valence-electron chi connectivity index (χ4n) is 2.21. The smallest absolute Gasteiger partial charge is 0.436 e. The van der Waals surface area contributed by atoms with Gasteiger partial charge in [-0.1, -0.05) is 19.3 Å². The van der Waals surface area contributed by atoms with Gasteiger partial charge in [0.25, 0.3) is 0 Å². The molecule has 0 aromatic rings. The Hall–Kier alpha value is -1.79. The molecule has 1 rings (SSSR count). The lowest BCUT2D eigenvalue weighted by molar-refractivity contribution is 0.181. The summed E-state index contributed by atoms with van der Waals surface area (Å²) in [6.45, 7) is 0. The van der Waals surface area contributed by atoms with Crippen molar-refractivity contribution in [2.24, 2.45) is 4.99 Å². The van der Waals surface area contributed by atoms with E-state index in [0.29, 0.717) is 0 Å². The number of carbonyl (C=O) groups is 2. The summed E-state index contributed by atoms with van der Waals surface area (Å²) in [7, 11) is 6.26. The zero-order valence-electron chi connectivity index (χ0n) is 12.7. The largest absolute Gasteiger partial charge is 0.451 e. The van der Waals surface area contributed by atoms with E-state index in [1.807, 2.05) is 0 Å². The summed E-state index contributed by atoms with van der Waals surface area (Å²) in [5.41, 5.74) is 0. The van der Waals surface area contributed by atoms with Gasteiger partial charge in [0.2, 0.25) is 5.96 Å². The van der Waals surface area contributed by atoms with Crippen molar-refractivity contribution in [2.45, 2.75) is 38.1 Å². The maximum atomic E-state index is 12.2. The van der Waals surface area contributed by atoms with Gasteiger partial charge in [-0.05, 0) is 12.8 Å². The van der Waals surface area contributed by atoms with Crippen LogP contribution in [0, 0.1) is 0 Å². The summed E-state index contributed by atoms with van der Waals surface area (Å²) in [4.78, 5) is 30.1. The van der Waals surface area contributed by atoms with Crippen molar-refractivity contribution in [3.05, 3.63) is 0 Å². The first-order chi connectivity index (χ1) is 9.45. The molecule has 0 bridgehead atoms. The van der Waals surface area contributed by atoms with E-state index < -0.39 is 6.09 Å². The number of urea groups is 1. The Labute approximate surface area is 120 Å². The van der Waals surface area contributed by atoms with Crippen LogP contribution in [0.3, 0.4) is 0 Å². The Balaban J connectivity index is 2.68. The first-order valence-electron chi connectivity index (χ1n) is 6.84. The van der Waals surface area contributed by atoms with Crippen LogP contribution in [0.2, 0.25) is 0 Å². The molecule has 1 fully saturated rings. The molecule has 1 saturated carbocycles. The average Bonchev–Trinajstić information content (AvgIpc) is 2.44. The molecule has 0 heterocycles. The number of hydrogen-bond acceptors (Lipinski definition) is 3. The summed E-state index contributed by atoms with van der Waals surface area (Å²) in [6, 6.07) is -0.0477. The molecule has 0 radical (unpaired) electrons. The Bertz CT molecular complexity index is 376. The molecule has 1 aliphatic carbocycles. The molecule has 0 aromatic carbocycles. The van der Waals surface area contributed by atoms with Crippen LogP contribution in [0.1, 0.15) is 32.1 Å². The Morgan fingerprint density at radius 2 is 1.75 bits per heavy atom. The molecule has 114 valence electrons. The fourth-order valence-corrected chi connectivity index (χ4v) is 2.21. The molecule has 7 heteroatoms. The highest BCUT2D eigenvalue weighted by atomic mass is 16.5. The zero-order chi connectivity index (χ0) is 15.1. The highest BCUT2D eigenvalue weighted by Crippen LogP contribution is 2.17. The lowest BCUT2D eigenvalue weighted by Gasteiger charge is -2.28. The van der Waals surface area contributed by atoms with Crippen molar-refractivity contribution in [1.82, 2.24) is 15.1 Å². The van der Waals surface area contributed by atoms with Crippen molar-refractivity contribution >= 4 is 18.1 Å². The number of aliphatic imine (C=N–C) groups is 1. The maximum absolute atomic E-state index is 12.2. The minimum absolute atomic E-state index is 0.209. The van der Waals surface area contributed by atoms with Gasteiger partial charge in [-0.2, -0.15) is 0 Å². The molecule has 0 aromatic heterocycles. The van der Waals surface area contributed by atoms with Gasteiger partial charge in [0.05, 0.1) is 7.11 Å². The third-order valence-corrected chi connectivity index (χ3v) is 3.30. The van der Waals surface area contributed by atoms with Gasteiger partial charge >= 0.3 is 12.1 Å².